The molecule has 6 nitrogen and oxygen atoms in total. The summed E-state index contributed by atoms with van der Waals surface area (Å²) in [4.78, 5) is 6.13. The van der Waals surface area contributed by atoms with Gasteiger partial charge in [-0.2, -0.15) is 0 Å². The van der Waals surface area contributed by atoms with E-state index in [4.69, 9.17) is 0 Å². The highest BCUT2D eigenvalue weighted by Crippen LogP contribution is 2.28. The van der Waals surface area contributed by atoms with Gasteiger partial charge in [0.25, 0.3) is 10.0 Å². The lowest BCUT2D eigenvalue weighted by Gasteiger charge is -2.23. The number of hydrogen-bond acceptors (Lipinski definition) is 4. The number of guanidine groups is 1. The Hall–Kier alpha value is -1.76. The first kappa shape index (κ1) is 12.7. The molecule has 0 aliphatic carbocycles. The summed E-state index contributed by atoms with van der Waals surface area (Å²) in [6.07, 6.45) is 0. The van der Waals surface area contributed by atoms with Crippen LogP contribution in [0.2, 0.25) is 0 Å². The highest BCUT2D eigenvalue weighted by atomic mass is 32.2. The van der Waals surface area contributed by atoms with Crippen LogP contribution in [0.4, 0.5) is 11.4 Å². The molecule has 2 rings (SSSR count). The van der Waals surface area contributed by atoms with E-state index in [-0.39, 0.29) is 10.9 Å². The molecule has 0 bridgehead atoms. The Balaban J connectivity index is 2.53. The lowest BCUT2D eigenvalue weighted by molar-refractivity contribution is 0.591. The topological polar surface area (TPSA) is 73.8 Å². The molecule has 0 fully saturated rings. The molecule has 1 aliphatic rings. The number of aliphatic imine (C=N–C) groups is 1. The average Bonchev–Trinajstić information content (AvgIpc) is 2.28. The normalized spacial score (nSPS) is 18.7. The quantitative estimate of drug-likeness (QED) is 0.833. The van der Waals surface area contributed by atoms with Gasteiger partial charge in [0.05, 0.1) is 5.69 Å². The van der Waals surface area contributed by atoms with Gasteiger partial charge in [-0.3, -0.25) is 4.99 Å². The van der Waals surface area contributed by atoms with Crippen molar-refractivity contribution in [1.29, 1.82) is 0 Å². The van der Waals surface area contributed by atoms with Crippen LogP contribution in [-0.2, 0) is 10.0 Å². The predicted molar refractivity (Wildman–Crippen MR) is 72.7 cm³/mol. The van der Waals surface area contributed by atoms with Crippen molar-refractivity contribution in [2.45, 2.75) is 11.8 Å². The number of fused-ring (bicyclic) bond motifs is 1. The summed E-state index contributed by atoms with van der Waals surface area (Å²) in [5, 5.41) is 2.96. The van der Waals surface area contributed by atoms with Crippen LogP contribution < -0.4 is 14.9 Å². The Bertz CT molecular complexity index is 593. The fourth-order valence-corrected chi connectivity index (χ4v) is 2.84. The zero-order valence-electron chi connectivity index (χ0n) is 10.6. The van der Waals surface area contributed by atoms with Crippen LogP contribution >= 0.6 is 0 Å². The molecule has 1 aliphatic heterocycles. The van der Waals surface area contributed by atoms with Gasteiger partial charge in [-0.1, -0.05) is 0 Å². The van der Waals surface area contributed by atoms with Crippen molar-refractivity contribution < 1.29 is 8.42 Å². The molecule has 0 saturated carbocycles. The molecule has 0 spiro atoms. The summed E-state index contributed by atoms with van der Waals surface area (Å²) in [6, 6.07) is 5.23. The summed E-state index contributed by atoms with van der Waals surface area (Å²) < 4.78 is 26.6. The molecular formula is C11H16N4O2S. The first-order chi connectivity index (χ1) is 8.44. The molecule has 0 aromatic heterocycles. The number of anilines is 2. The van der Waals surface area contributed by atoms with Gasteiger partial charge >= 0.3 is 0 Å². The van der Waals surface area contributed by atoms with E-state index in [1.54, 1.807) is 12.1 Å². The molecule has 98 valence electrons. The van der Waals surface area contributed by atoms with Gasteiger partial charge in [0.1, 0.15) is 4.90 Å². The summed E-state index contributed by atoms with van der Waals surface area (Å²) in [7, 11) is 0.187. The lowest BCUT2D eigenvalue weighted by Crippen LogP contribution is -2.40. The van der Waals surface area contributed by atoms with Gasteiger partial charge in [-0.15, -0.1) is 0 Å². The monoisotopic (exact) mass is 268 g/mol. The van der Waals surface area contributed by atoms with Crippen molar-refractivity contribution in [3.63, 3.8) is 0 Å². The van der Waals surface area contributed by atoms with Crippen molar-refractivity contribution in [3.05, 3.63) is 18.2 Å². The van der Waals surface area contributed by atoms with Gasteiger partial charge < -0.3 is 10.2 Å². The number of sulfonamides is 1. The van der Waals surface area contributed by atoms with Crippen molar-refractivity contribution in [3.8, 4) is 0 Å². The Morgan fingerprint density at radius 2 is 2.06 bits per heavy atom. The van der Waals surface area contributed by atoms with Gasteiger partial charge in [-0.25, -0.2) is 13.1 Å². The molecular weight excluding hydrogens is 252 g/mol. The minimum atomic E-state index is -3.54. The zero-order valence-corrected chi connectivity index (χ0v) is 11.4. The van der Waals surface area contributed by atoms with E-state index in [2.05, 4.69) is 15.0 Å². The third-order valence-electron chi connectivity index (χ3n) is 2.57. The van der Waals surface area contributed by atoms with Gasteiger partial charge in [0.15, 0.2) is 0 Å². The maximum absolute atomic E-state index is 12.1. The summed E-state index contributed by atoms with van der Waals surface area (Å²) in [5.74, 6) is 0.266. The predicted octanol–water partition coefficient (Wildman–Crippen LogP) is 0.832. The van der Waals surface area contributed by atoms with E-state index in [1.165, 1.54) is 0 Å². The van der Waals surface area contributed by atoms with E-state index in [0.29, 0.717) is 12.2 Å². The number of nitrogens with one attached hydrogen (secondary N) is 2. The molecule has 18 heavy (non-hydrogen) atoms. The number of nitrogens with zero attached hydrogens (tertiary/aromatic N) is 2. The van der Waals surface area contributed by atoms with Crippen LogP contribution in [0.1, 0.15) is 6.92 Å². The van der Waals surface area contributed by atoms with Crippen LogP contribution in [0.3, 0.4) is 0 Å². The molecule has 7 heteroatoms. The SMILES string of the molecule is CCN=C1Nc2ccc(N(C)C)cc2S(=O)(=O)N1. The fraction of sp³-hybridized carbons (Fsp3) is 0.364. The molecule has 0 amide bonds. The fourth-order valence-electron chi connectivity index (χ4n) is 1.68. The van der Waals surface area contributed by atoms with Crippen molar-refractivity contribution in [2.75, 3.05) is 30.9 Å². The number of hydrogen-bond donors (Lipinski definition) is 2. The molecule has 0 radical (unpaired) electrons. The third-order valence-corrected chi connectivity index (χ3v) is 3.95. The Morgan fingerprint density at radius 3 is 2.67 bits per heavy atom. The summed E-state index contributed by atoms with van der Waals surface area (Å²) in [6.45, 7) is 2.35. The van der Waals surface area contributed by atoms with E-state index in [0.717, 1.165) is 5.69 Å². The highest BCUT2D eigenvalue weighted by molar-refractivity contribution is 7.90. The minimum absolute atomic E-state index is 0.240. The molecule has 1 aromatic rings. The van der Waals surface area contributed by atoms with Crippen LogP contribution in [0.25, 0.3) is 0 Å². The molecule has 1 heterocycles. The summed E-state index contributed by atoms with van der Waals surface area (Å²) in [5.41, 5.74) is 1.38. The van der Waals surface area contributed by atoms with E-state index in [9.17, 15) is 8.42 Å². The molecule has 1 aromatic carbocycles. The van der Waals surface area contributed by atoms with Crippen LogP contribution in [0, 0.1) is 0 Å². The average molecular weight is 268 g/mol. The highest BCUT2D eigenvalue weighted by Gasteiger charge is 2.26. The zero-order chi connectivity index (χ0) is 13.3. The van der Waals surface area contributed by atoms with Gasteiger partial charge in [0.2, 0.25) is 5.96 Å². The first-order valence-corrected chi connectivity index (χ1v) is 7.08. The van der Waals surface area contributed by atoms with Gasteiger partial charge in [0, 0.05) is 26.3 Å². The lowest BCUT2D eigenvalue weighted by atomic mass is 10.2. The summed E-state index contributed by atoms with van der Waals surface area (Å²) >= 11 is 0. The van der Waals surface area contributed by atoms with Crippen molar-refractivity contribution in [2.24, 2.45) is 4.99 Å². The largest absolute Gasteiger partial charge is 0.378 e. The molecule has 0 unspecified atom stereocenters. The molecule has 0 atom stereocenters. The van der Waals surface area contributed by atoms with E-state index >= 15 is 0 Å². The number of benzene rings is 1. The van der Waals surface area contributed by atoms with Gasteiger partial charge in [-0.05, 0) is 25.1 Å². The van der Waals surface area contributed by atoms with Crippen LogP contribution in [0.5, 0.6) is 0 Å². The van der Waals surface area contributed by atoms with E-state index < -0.39 is 10.0 Å². The maximum atomic E-state index is 12.1. The van der Waals surface area contributed by atoms with Crippen molar-refractivity contribution >= 4 is 27.4 Å². The molecule has 2 N–H and O–H groups in total. The van der Waals surface area contributed by atoms with Crippen LogP contribution in [-0.4, -0.2) is 35.0 Å². The first-order valence-electron chi connectivity index (χ1n) is 5.59. The smallest absolute Gasteiger partial charge is 0.266 e. The Morgan fingerprint density at radius 1 is 1.33 bits per heavy atom. The second kappa shape index (κ2) is 4.49. The van der Waals surface area contributed by atoms with Crippen LogP contribution in [0.15, 0.2) is 28.1 Å². The Labute approximate surface area is 107 Å². The molecule has 0 saturated heterocycles. The maximum Gasteiger partial charge on any atom is 0.266 e. The number of rotatable bonds is 2. The Kier molecular flexibility index (Phi) is 3.16. The second-order valence-corrected chi connectivity index (χ2v) is 5.78. The van der Waals surface area contributed by atoms with E-state index in [1.807, 2.05) is 32.0 Å². The second-order valence-electron chi connectivity index (χ2n) is 4.13. The standard InChI is InChI=1S/C11H16N4O2S/c1-4-12-11-13-9-6-5-8(15(2)3)7-10(9)18(16,17)14-11/h5-7H,4H2,1-3H3,(H2,12,13,14). The van der Waals surface area contributed by atoms with Crippen molar-refractivity contribution in [1.82, 2.24) is 4.72 Å². The third kappa shape index (κ3) is 2.26. The minimum Gasteiger partial charge on any atom is -0.378 e.